The number of nitrogens with zero attached hydrogens (tertiary/aromatic N) is 2. The van der Waals surface area contributed by atoms with E-state index in [4.69, 9.17) is 0 Å². The molecule has 1 N–H and O–H groups in total. The molecule has 19 heavy (non-hydrogen) atoms. The van der Waals surface area contributed by atoms with Crippen LogP contribution >= 0.6 is 47.8 Å². The molecule has 0 spiro atoms. The zero-order valence-electron chi connectivity index (χ0n) is 10.2. The first-order valence-corrected chi connectivity index (χ1v) is 8.09. The van der Waals surface area contributed by atoms with Gasteiger partial charge in [0.15, 0.2) is 0 Å². The fraction of sp³-hybridized carbons (Fsp3) is 0.333. The number of urea groups is 1. The first kappa shape index (κ1) is 15.0. The summed E-state index contributed by atoms with van der Waals surface area (Å²) in [5.74, 6) is 0.835. The number of hydrogen-bond donors (Lipinski definition) is 1. The molecule has 4 nitrogen and oxygen atoms in total. The molecule has 1 aromatic carbocycles. The second-order valence-electron chi connectivity index (χ2n) is 4.23. The second-order valence-corrected chi connectivity index (χ2v) is 6.85. The lowest BCUT2D eigenvalue weighted by Gasteiger charge is -2.12. The Morgan fingerprint density at radius 3 is 2.47 bits per heavy atom. The zero-order valence-corrected chi connectivity index (χ0v) is 15.0. The monoisotopic (exact) mass is 451 g/mol. The van der Waals surface area contributed by atoms with Crippen molar-refractivity contribution in [3.05, 3.63) is 25.6 Å². The summed E-state index contributed by atoms with van der Waals surface area (Å²) in [6.45, 7) is 0.956. The van der Waals surface area contributed by atoms with Crippen LogP contribution in [0, 0.1) is 0 Å². The van der Waals surface area contributed by atoms with Crippen LogP contribution in [-0.4, -0.2) is 30.4 Å². The predicted molar refractivity (Wildman–Crippen MR) is 87.9 cm³/mol. The molecule has 0 aromatic heterocycles. The van der Waals surface area contributed by atoms with Crippen LogP contribution in [0.2, 0.25) is 0 Å². The van der Waals surface area contributed by atoms with Crippen LogP contribution in [0.25, 0.3) is 0 Å². The van der Waals surface area contributed by atoms with Crippen LogP contribution in [0.5, 0.6) is 0 Å². The molecule has 0 radical (unpaired) electrons. The third-order valence-corrected chi connectivity index (χ3v) is 4.51. The minimum absolute atomic E-state index is 0.354. The highest BCUT2D eigenvalue weighted by molar-refractivity contribution is 9.11. The van der Waals surface area contributed by atoms with E-state index in [0.29, 0.717) is 5.69 Å². The second kappa shape index (κ2) is 6.37. The summed E-state index contributed by atoms with van der Waals surface area (Å²) in [5, 5.41) is 2.79. The van der Waals surface area contributed by atoms with Crippen LogP contribution in [-0.2, 0) is 0 Å². The van der Waals surface area contributed by atoms with Crippen molar-refractivity contribution in [3.8, 4) is 0 Å². The molecule has 2 amide bonds. The van der Waals surface area contributed by atoms with Gasteiger partial charge < -0.3 is 10.2 Å². The predicted octanol–water partition coefficient (Wildman–Crippen LogP) is 4.63. The summed E-state index contributed by atoms with van der Waals surface area (Å²) in [6, 6.07) is 3.39. The van der Waals surface area contributed by atoms with E-state index in [2.05, 4.69) is 58.1 Å². The summed E-state index contributed by atoms with van der Waals surface area (Å²) in [5.41, 5.74) is 0.679. The first-order chi connectivity index (χ1) is 8.97. The van der Waals surface area contributed by atoms with Crippen LogP contribution in [0.15, 0.2) is 30.5 Å². The molecule has 1 saturated heterocycles. The summed E-state index contributed by atoms with van der Waals surface area (Å²) in [4.78, 5) is 18.0. The Morgan fingerprint density at radius 2 is 1.95 bits per heavy atom. The maximum absolute atomic E-state index is 11.9. The molecule has 7 heteroatoms. The molecule has 0 bridgehead atoms. The minimum atomic E-state index is -0.354. The number of aliphatic imine (C=N–C) groups is 1. The van der Waals surface area contributed by atoms with E-state index >= 15 is 0 Å². The highest BCUT2D eigenvalue weighted by atomic mass is 79.9. The van der Waals surface area contributed by atoms with Crippen LogP contribution < -0.4 is 5.32 Å². The summed E-state index contributed by atoms with van der Waals surface area (Å²) in [7, 11) is 1.95. The molecular weight excluding hydrogens is 442 g/mol. The number of amidine groups is 1. The average Bonchev–Trinajstić information content (AvgIpc) is 2.69. The molecule has 102 valence electrons. The van der Waals surface area contributed by atoms with E-state index in [1.54, 1.807) is 0 Å². The fourth-order valence-corrected chi connectivity index (χ4v) is 4.31. The largest absolute Gasteiger partial charge is 0.363 e. The number of hydrogen-bond acceptors (Lipinski definition) is 1. The van der Waals surface area contributed by atoms with Crippen LogP contribution in [0.1, 0.15) is 12.8 Å². The Morgan fingerprint density at radius 1 is 1.32 bits per heavy atom. The Hall–Kier alpha value is -0.400. The average molecular weight is 454 g/mol. The van der Waals surface area contributed by atoms with Crippen molar-refractivity contribution in [1.29, 1.82) is 0 Å². The summed E-state index contributed by atoms with van der Waals surface area (Å²) < 4.78 is 2.51. The Kier molecular flexibility index (Phi) is 5.03. The number of rotatable bonds is 1. The molecule has 0 unspecified atom stereocenters. The topological polar surface area (TPSA) is 44.7 Å². The van der Waals surface area contributed by atoms with Gasteiger partial charge in [-0.15, -0.1) is 0 Å². The molecule has 1 heterocycles. The lowest BCUT2D eigenvalue weighted by Crippen LogP contribution is -2.21. The van der Waals surface area contributed by atoms with Crippen LogP contribution in [0.4, 0.5) is 10.5 Å². The number of likely N-dealkylation sites (tertiary alicyclic amines) is 1. The van der Waals surface area contributed by atoms with Gasteiger partial charge in [0, 0.05) is 33.4 Å². The third kappa shape index (κ3) is 3.79. The van der Waals surface area contributed by atoms with E-state index in [9.17, 15) is 4.79 Å². The van der Waals surface area contributed by atoms with Gasteiger partial charge in [0.05, 0.1) is 5.69 Å². The van der Waals surface area contributed by atoms with E-state index < -0.39 is 0 Å². The highest BCUT2D eigenvalue weighted by Gasteiger charge is 2.16. The lowest BCUT2D eigenvalue weighted by atomic mass is 10.3. The number of amides is 2. The number of benzene rings is 1. The lowest BCUT2D eigenvalue weighted by molar-refractivity contribution is 0.259. The Balaban J connectivity index is 2.16. The van der Waals surface area contributed by atoms with E-state index in [-0.39, 0.29) is 6.03 Å². The maximum atomic E-state index is 11.9. The SMILES string of the molecule is CN1CCC/C1=N\C(=O)Nc1c(Br)cc(Br)cc1Br. The van der Waals surface area contributed by atoms with E-state index in [0.717, 1.165) is 38.6 Å². The van der Waals surface area contributed by atoms with Crippen molar-refractivity contribution in [2.24, 2.45) is 4.99 Å². The highest BCUT2D eigenvalue weighted by Crippen LogP contribution is 2.34. The van der Waals surface area contributed by atoms with Crippen molar-refractivity contribution >= 4 is 65.3 Å². The fourth-order valence-electron chi connectivity index (χ4n) is 1.85. The molecule has 1 aromatic rings. The van der Waals surface area contributed by atoms with Gasteiger partial charge in [-0.25, -0.2) is 4.79 Å². The number of nitrogens with one attached hydrogen (secondary N) is 1. The van der Waals surface area contributed by atoms with Gasteiger partial charge in [-0.1, -0.05) is 15.9 Å². The number of anilines is 1. The summed E-state index contributed by atoms with van der Waals surface area (Å²) in [6.07, 6.45) is 1.90. The van der Waals surface area contributed by atoms with Gasteiger partial charge in [-0.2, -0.15) is 4.99 Å². The van der Waals surface area contributed by atoms with Gasteiger partial charge in [0.1, 0.15) is 5.84 Å². The van der Waals surface area contributed by atoms with Gasteiger partial charge in [0.2, 0.25) is 0 Å². The van der Waals surface area contributed by atoms with Crippen molar-refractivity contribution in [1.82, 2.24) is 4.90 Å². The molecular formula is C12H12Br3N3O. The van der Waals surface area contributed by atoms with Crippen LogP contribution in [0.3, 0.4) is 0 Å². The zero-order chi connectivity index (χ0) is 14.0. The molecule has 1 aliphatic heterocycles. The minimum Gasteiger partial charge on any atom is -0.363 e. The normalized spacial score (nSPS) is 17.1. The molecule has 2 rings (SSSR count). The van der Waals surface area contributed by atoms with Gasteiger partial charge in [-0.3, -0.25) is 0 Å². The summed E-state index contributed by atoms with van der Waals surface area (Å²) >= 11 is 10.2. The van der Waals surface area contributed by atoms with Crippen molar-refractivity contribution in [3.63, 3.8) is 0 Å². The molecule has 0 saturated carbocycles. The van der Waals surface area contributed by atoms with Gasteiger partial charge in [-0.05, 0) is 50.4 Å². The first-order valence-electron chi connectivity index (χ1n) is 5.71. The number of carbonyl (C=O) groups excluding carboxylic acids is 1. The quantitative estimate of drug-likeness (QED) is 0.673. The molecule has 0 aliphatic carbocycles. The number of halogens is 3. The molecule has 1 fully saturated rings. The molecule has 1 aliphatic rings. The number of carbonyl (C=O) groups is 1. The molecule has 0 atom stereocenters. The van der Waals surface area contributed by atoms with Gasteiger partial charge >= 0.3 is 6.03 Å². The third-order valence-electron chi connectivity index (χ3n) is 2.80. The Bertz CT molecular complexity index is 522. The Labute approximate surface area is 137 Å². The smallest absolute Gasteiger partial charge is 0.347 e. The standard InChI is InChI=1S/C12H12Br3N3O/c1-18-4-2-3-10(18)16-12(19)17-11-8(14)5-7(13)6-9(11)15/h5-6H,2-4H2,1H3,(H,17,19)/b16-10+. The van der Waals surface area contributed by atoms with Crippen molar-refractivity contribution in [2.45, 2.75) is 12.8 Å². The van der Waals surface area contributed by atoms with E-state index in [1.807, 2.05) is 24.1 Å². The van der Waals surface area contributed by atoms with Crippen molar-refractivity contribution < 1.29 is 4.79 Å². The van der Waals surface area contributed by atoms with Crippen molar-refractivity contribution in [2.75, 3.05) is 18.9 Å². The maximum Gasteiger partial charge on any atom is 0.347 e. The van der Waals surface area contributed by atoms with E-state index in [1.165, 1.54) is 0 Å². The van der Waals surface area contributed by atoms with Gasteiger partial charge in [0.25, 0.3) is 0 Å².